The van der Waals surface area contributed by atoms with Crippen molar-refractivity contribution in [3.63, 3.8) is 0 Å². The lowest BCUT2D eigenvalue weighted by Gasteiger charge is -2.41. The highest BCUT2D eigenvalue weighted by Gasteiger charge is 2.29. The third-order valence-electron chi connectivity index (χ3n) is 3.80. The molecule has 0 bridgehead atoms. The molecule has 1 heterocycles. The van der Waals surface area contributed by atoms with Crippen LogP contribution >= 0.6 is 0 Å². The van der Waals surface area contributed by atoms with Crippen LogP contribution in [0.1, 0.15) is 25.5 Å². The molecule has 0 spiro atoms. The molecular weight excluding hydrogens is 220 g/mol. The maximum Gasteiger partial charge on any atom is 0.0476 e. The standard InChI is InChI=1S/C16H24N2/c1-4-10-18-12-15(13(2)3)17-11-16(18)14-8-6-5-7-9-14/h4-9,13,15-17H,1,10-12H2,2-3H3. The van der Waals surface area contributed by atoms with E-state index in [-0.39, 0.29) is 0 Å². The molecule has 0 aromatic heterocycles. The van der Waals surface area contributed by atoms with Crippen LogP contribution in [0.15, 0.2) is 43.0 Å². The van der Waals surface area contributed by atoms with E-state index in [1.54, 1.807) is 0 Å². The Bertz CT molecular complexity index is 372. The van der Waals surface area contributed by atoms with Gasteiger partial charge in [0.05, 0.1) is 0 Å². The first kappa shape index (κ1) is 13.3. The van der Waals surface area contributed by atoms with Gasteiger partial charge in [0.15, 0.2) is 0 Å². The molecule has 0 saturated carbocycles. The van der Waals surface area contributed by atoms with Crippen LogP contribution in [-0.4, -0.2) is 30.6 Å². The fraction of sp³-hybridized carbons (Fsp3) is 0.500. The van der Waals surface area contributed by atoms with E-state index < -0.39 is 0 Å². The second-order valence-corrected chi connectivity index (χ2v) is 5.43. The largest absolute Gasteiger partial charge is 0.311 e. The molecule has 2 heteroatoms. The normalized spacial score (nSPS) is 25.3. The van der Waals surface area contributed by atoms with Gasteiger partial charge in [-0.2, -0.15) is 0 Å². The molecule has 98 valence electrons. The van der Waals surface area contributed by atoms with Crippen molar-refractivity contribution >= 4 is 0 Å². The van der Waals surface area contributed by atoms with Crippen LogP contribution in [0.3, 0.4) is 0 Å². The van der Waals surface area contributed by atoms with Crippen molar-refractivity contribution in [1.82, 2.24) is 10.2 Å². The number of benzene rings is 1. The first-order valence-corrected chi connectivity index (χ1v) is 6.85. The SMILES string of the molecule is C=CCN1CC(C(C)C)NCC1c1ccccc1. The number of rotatable bonds is 4. The molecule has 1 aromatic rings. The average molecular weight is 244 g/mol. The summed E-state index contributed by atoms with van der Waals surface area (Å²) in [7, 11) is 0. The van der Waals surface area contributed by atoms with Crippen LogP contribution in [-0.2, 0) is 0 Å². The summed E-state index contributed by atoms with van der Waals surface area (Å²) < 4.78 is 0. The molecule has 2 atom stereocenters. The van der Waals surface area contributed by atoms with Crippen molar-refractivity contribution < 1.29 is 0 Å². The fourth-order valence-electron chi connectivity index (χ4n) is 2.65. The maximum absolute atomic E-state index is 3.89. The van der Waals surface area contributed by atoms with Gasteiger partial charge in [-0.1, -0.05) is 50.3 Å². The van der Waals surface area contributed by atoms with Crippen LogP contribution < -0.4 is 5.32 Å². The van der Waals surface area contributed by atoms with Crippen molar-refractivity contribution in [3.05, 3.63) is 48.6 Å². The Labute approximate surface area is 111 Å². The first-order chi connectivity index (χ1) is 8.72. The van der Waals surface area contributed by atoms with Crippen molar-refractivity contribution in [3.8, 4) is 0 Å². The number of hydrogen-bond acceptors (Lipinski definition) is 2. The van der Waals surface area contributed by atoms with E-state index in [4.69, 9.17) is 0 Å². The summed E-state index contributed by atoms with van der Waals surface area (Å²) in [4.78, 5) is 2.53. The van der Waals surface area contributed by atoms with Crippen molar-refractivity contribution in [2.75, 3.05) is 19.6 Å². The van der Waals surface area contributed by atoms with E-state index in [0.29, 0.717) is 18.0 Å². The molecule has 0 aliphatic carbocycles. The summed E-state index contributed by atoms with van der Waals surface area (Å²) in [6.07, 6.45) is 2.01. The molecule has 1 aliphatic rings. The summed E-state index contributed by atoms with van der Waals surface area (Å²) in [6, 6.07) is 11.8. The number of hydrogen-bond donors (Lipinski definition) is 1. The van der Waals surface area contributed by atoms with Crippen molar-refractivity contribution in [1.29, 1.82) is 0 Å². The summed E-state index contributed by atoms with van der Waals surface area (Å²) in [5.41, 5.74) is 1.40. The van der Waals surface area contributed by atoms with Gasteiger partial charge in [0.25, 0.3) is 0 Å². The first-order valence-electron chi connectivity index (χ1n) is 6.85. The number of nitrogens with zero attached hydrogens (tertiary/aromatic N) is 1. The van der Waals surface area contributed by atoms with E-state index in [9.17, 15) is 0 Å². The highest BCUT2D eigenvalue weighted by molar-refractivity contribution is 5.20. The van der Waals surface area contributed by atoms with Gasteiger partial charge in [-0.05, 0) is 11.5 Å². The summed E-state index contributed by atoms with van der Waals surface area (Å²) in [5, 5.41) is 3.68. The van der Waals surface area contributed by atoms with Gasteiger partial charge >= 0.3 is 0 Å². The topological polar surface area (TPSA) is 15.3 Å². The molecule has 0 amide bonds. The van der Waals surface area contributed by atoms with Gasteiger partial charge in [0.1, 0.15) is 0 Å². The summed E-state index contributed by atoms with van der Waals surface area (Å²) >= 11 is 0. The molecule has 18 heavy (non-hydrogen) atoms. The number of piperazine rings is 1. The van der Waals surface area contributed by atoms with Gasteiger partial charge in [-0.25, -0.2) is 0 Å². The van der Waals surface area contributed by atoms with E-state index in [1.165, 1.54) is 5.56 Å². The zero-order valence-corrected chi connectivity index (χ0v) is 11.5. The summed E-state index contributed by atoms with van der Waals surface area (Å²) in [5.74, 6) is 0.675. The smallest absolute Gasteiger partial charge is 0.0476 e. The minimum atomic E-state index is 0.471. The van der Waals surface area contributed by atoms with Gasteiger partial charge in [0, 0.05) is 31.7 Å². The van der Waals surface area contributed by atoms with Gasteiger partial charge < -0.3 is 5.32 Å². The average Bonchev–Trinajstić information content (AvgIpc) is 2.40. The van der Waals surface area contributed by atoms with Crippen molar-refractivity contribution in [2.24, 2.45) is 5.92 Å². The molecular formula is C16H24N2. The van der Waals surface area contributed by atoms with Gasteiger partial charge in [-0.3, -0.25) is 4.90 Å². The summed E-state index contributed by atoms with van der Waals surface area (Å²) in [6.45, 7) is 11.6. The van der Waals surface area contributed by atoms with E-state index in [1.807, 2.05) is 6.08 Å². The quantitative estimate of drug-likeness (QED) is 0.819. The molecule has 1 N–H and O–H groups in total. The lowest BCUT2D eigenvalue weighted by atomic mass is 9.96. The third kappa shape index (κ3) is 3.01. The second kappa shape index (κ2) is 6.17. The predicted molar refractivity (Wildman–Crippen MR) is 77.6 cm³/mol. The Morgan fingerprint density at radius 1 is 1.39 bits per heavy atom. The van der Waals surface area contributed by atoms with Crippen LogP contribution in [0, 0.1) is 5.92 Å². The molecule has 2 rings (SSSR count). The lowest BCUT2D eigenvalue weighted by Crippen LogP contribution is -2.54. The van der Waals surface area contributed by atoms with E-state index in [0.717, 1.165) is 19.6 Å². The predicted octanol–water partition coefficient (Wildman–Crippen LogP) is 2.84. The Morgan fingerprint density at radius 2 is 2.11 bits per heavy atom. The zero-order chi connectivity index (χ0) is 13.0. The third-order valence-corrected chi connectivity index (χ3v) is 3.80. The highest BCUT2D eigenvalue weighted by Crippen LogP contribution is 2.24. The Kier molecular flexibility index (Phi) is 4.56. The van der Waals surface area contributed by atoms with E-state index >= 15 is 0 Å². The lowest BCUT2D eigenvalue weighted by molar-refractivity contribution is 0.127. The van der Waals surface area contributed by atoms with Crippen LogP contribution in [0.2, 0.25) is 0 Å². The van der Waals surface area contributed by atoms with Gasteiger partial charge in [-0.15, -0.1) is 6.58 Å². The number of nitrogens with one attached hydrogen (secondary N) is 1. The fourth-order valence-corrected chi connectivity index (χ4v) is 2.65. The molecule has 1 aliphatic heterocycles. The Hall–Kier alpha value is -1.12. The molecule has 1 fully saturated rings. The molecule has 2 unspecified atom stereocenters. The second-order valence-electron chi connectivity index (χ2n) is 5.43. The van der Waals surface area contributed by atoms with E-state index in [2.05, 4.69) is 61.0 Å². The van der Waals surface area contributed by atoms with Gasteiger partial charge in [0.2, 0.25) is 0 Å². The molecule has 1 saturated heterocycles. The van der Waals surface area contributed by atoms with Crippen LogP contribution in [0.25, 0.3) is 0 Å². The van der Waals surface area contributed by atoms with Crippen LogP contribution in [0.4, 0.5) is 0 Å². The molecule has 2 nitrogen and oxygen atoms in total. The Balaban J connectivity index is 2.13. The monoisotopic (exact) mass is 244 g/mol. The Morgan fingerprint density at radius 3 is 2.72 bits per heavy atom. The minimum Gasteiger partial charge on any atom is -0.311 e. The van der Waals surface area contributed by atoms with Crippen molar-refractivity contribution in [2.45, 2.75) is 25.9 Å². The molecule has 0 radical (unpaired) electrons. The minimum absolute atomic E-state index is 0.471. The highest BCUT2D eigenvalue weighted by atomic mass is 15.2. The van der Waals surface area contributed by atoms with Crippen LogP contribution in [0.5, 0.6) is 0 Å². The zero-order valence-electron chi connectivity index (χ0n) is 11.5. The maximum atomic E-state index is 3.89. The molecule has 1 aromatic carbocycles.